The van der Waals surface area contributed by atoms with Crippen LogP contribution in [0.3, 0.4) is 0 Å². The Kier molecular flexibility index (Phi) is 8.34. The van der Waals surface area contributed by atoms with Crippen molar-refractivity contribution in [3.05, 3.63) is 52.6 Å². The predicted molar refractivity (Wildman–Crippen MR) is 141 cm³/mol. The van der Waals surface area contributed by atoms with Crippen molar-refractivity contribution < 1.29 is 33.4 Å². The molecule has 2 amide bonds. The van der Waals surface area contributed by atoms with Crippen molar-refractivity contribution in [3.8, 4) is 11.5 Å². The van der Waals surface area contributed by atoms with Gasteiger partial charge in [0.25, 0.3) is 5.91 Å². The first-order chi connectivity index (χ1) is 18.2. The maximum absolute atomic E-state index is 13.2. The first kappa shape index (κ1) is 27.2. The Morgan fingerprint density at radius 1 is 1.11 bits per heavy atom. The highest BCUT2D eigenvalue weighted by Crippen LogP contribution is 2.33. The molecule has 1 saturated heterocycles. The van der Waals surface area contributed by atoms with Crippen molar-refractivity contribution in [2.75, 3.05) is 44.4 Å². The van der Waals surface area contributed by atoms with E-state index in [1.54, 1.807) is 30.0 Å². The highest BCUT2D eigenvalue weighted by molar-refractivity contribution is 6.04. The Hall–Kier alpha value is -3.88. The van der Waals surface area contributed by atoms with E-state index in [1.807, 2.05) is 26.8 Å². The number of Topliss-reactive ketones (excluding diaryl/α,β-unsaturated/α-hetero) is 1. The summed E-state index contributed by atoms with van der Waals surface area (Å²) < 4.78 is 16.5. The van der Waals surface area contributed by atoms with Crippen LogP contribution in [-0.4, -0.2) is 67.9 Å². The van der Waals surface area contributed by atoms with Crippen molar-refractivity contribution in [2.24, 2.45) is 5.92 Å². The number of anilines is 1. The molecule has 38 heavy (non-hydrogen) atoms. The molecule has 202 valence electrons. The van der Waals surface area contributed by atoms with Crippen molar-refractivity contribution in [1.82, 2.24) is 4.90 Å². The number of ether oxygens (including phenoxy) is 3. The summed E-state index contributed by atoms with van der Waals surface area (Å²) in [5.74, 6) is -0.513. The first-order valence-corrected chi connectivity index (χ1v) is 12.9. The quantitative estimate of drug-likeness (QED) is 0.387. The molecule has 0 bridgehead atoms. The smallest absolute Gasteiger partial charge is 0.310 e. The second-order valence-electron chi connectivity index (χ2n) is 9.80. The van der Waals surface area contributed by atoms with Crippen molar-refractivity contribution in [3.63, 3.8) is 0 Å². The third-order valence-corrected chi connectivity index (χ3v) is 7.03. The number of fused-ring (bicyclic) bond motifs is 1. The molecular weight excluding hydrogens is 488 g/mol. The minimum absolute atomic E-state index is 0.167. The van der Waals surface area contributed by atoms with Crippen LogP contribution in [-0.2, 0) is 19.1 Å². The van der Waals surface area contributed by atoms with E-state index in [4.69, 9.17) is 14.2 Å². The molecule has 9 nitrogen and oxygen atoms in total. The highest BCUT2D eigenvalue weighted by atomic mass is 16.5. The standard InChI is InChI=1S/C29H34N2O7/c1-5-36-29(35)22-7-6-10-30(14-22)27(33)15-31-23-13-21(8-9-25(23)38-17-28(31)34)24(32)16-37-26-12-18(2)11-19(3)20(26)4/h8-9,11-13,22H,5-7,10,14-17H2,1-4H3/t22-/m0/s1. The summed E-state index contributed by atoms with van der Waals surface area (Å²) in [6, 6.07) is 8.78. The van der Waals surface area contributed by atoms with Gasteiger partial charge in [0.1, 0.15) is 18.0 Å². The summed E-state index contributed by atoms with van der Waals surface area (Å²) in [6.45, 7) is 8.15. The van der Waals surface area contributed by atoms with Crippen LogP contribution in [0.15, 0.2) is 30.3 Å². The highest BCUT2D eigenvalue weighted by Gasteiger charge is 2.33. The zero-order valence-electron chi connectivity index (χ0n) is 22.4. The number of hydrogen-bond donors (Lipinski definition) is 0. The Morgan fingerprint density at radius 2 is 1.89 bits per heavy atom. The Balaban J connectivity index is 1.47. The van der Waals surface area contributed by atoms with E-state index < -0.39 is 0 Å². The third kappa shape index (κ3) is 5.98. The SMILES string of the molecule is CCOC(=O)[C@H]1CCCN(C(=O)CN2C(=O)COc3ccc(C(=O)COc4cc(C)cc(C)c4C)cc32)C1. The molecule has 2 aromatic rings. The molecule has 0 unspecified atom stereocenters. The number of likely N-dealkylation sites (tertiary alicyclic amines) is 1. The van der Waals surface area contributed by atoms with E-state index >= 15 is 0 Å². The average molecular weight is 523 g/mol. The van der Waals surface area contributed by atoms with Gasteiger partial charge in [-0.25, -0.2) is 0 Å². The van der Waals surface area contributed by atoms with Gasteiger partial charge >= 0.3 is 5.97 Å². The zero-order chi connectivity index (χ0) is 27.4. The molecular formula is C29H34N2O7. The molecule has 0 aromatic heterocycles. The third-order valence-electron chi connectivity index (χ3n) is 7.03. The average Bonchev–Trinajstić information content (AvgIpc) is 2.91. The number of piperidine rings is 1. The lowest BCUT2D eigenvalue weighted by Crippen LogP contribution is -2.49. The number of esters is 1. The first-order valence-electron chi connectivity index (χ1n) is 12.9. The van der Waals surface area contributed by atoms with Crippen LogP contribution >= 0.6 is 0 Å². The van der Waals surface area contributed by atoms with E-state index in [-0.39, 0.29) is 55.8 Å². The Bertz CT molecular complexity index is 1260. The summed E-state index contributed by atoms with van der Waals surface area (Å²) in [6.07, 6.45) is 1.35. The molecule has 0 radical (unpaired) electrons. The van der Waals surface area contributed by atoms with Gasteiger partial charge in [-0.05, 0) is 81.5 Å². The van der Waals surface area contributed by atoms with Crippen LogP contribution in [0.25, 0.3) is 0 Å². The lowest BCUT2D eigenvalue weighted by molar-refractivity contribution is -0.151. The fourth-order valence-electron chi connectivity index (χ4n) is 4.82. The molecule has 4 rings (SSSR count). The summed E-state index contributed by atoms with van der Waals surface area (Å²) in [7, 11) is 0. The monoisotopic (exact) mass is 522 g/mol. The summed E-state index contributed by atoms with van der Waals surface area (Å²) in [5.41, 5.74) is 3.81. The van der Waals surface area contributed by atoms with Gasteiger partial charge in [-0.3, -0.25) is 24.1 Å². The van der Waals surface area contributed by atoms with Gasteiger partial charge < -0.3 is 19.1 Å². The van der Waals surface area contributed by atoms with E-state index in [0.717, 1.165) is 16.7 Å². The van der Waals surface area contributed by atoms with Crippen LogP contribution in [0.4, 0.5) is 5.69 Å². The number of aryl methyl sites for hydroxylation is 2. The predicted octanol–water partition coefficient (Wildman–Crippen LogP) is 3.40. The molecule has 1 fully saturated rings. The number of hydrogen-bond acceptors (Lipinski definition) is 7. The molecule has 2 aliphatic heterocycles. The number of ketones is 1. The summed E-state index contributed by atoms with van der Waals surface area (Å²) >= 11 is 0. The normalized spacial score (nSPS) is 16.9. The van der Waals surface area contributed by atoms with E-state index in [0.29, 0.717) is 48.7 Å². The fourth-order valence-corrected chi connectivity index (χ4v) is 4.82. The molecule has 0 saturated carbocycles. The van der Waals surface area contributed by atoms with Crippen LogP contribution in [0, 0.1) is 26.7 Å². The molecule has 2 aromatic carbocycles. The zero-order valence-corrected chi connectivity index (χ0v) is 22.4. The van der Waals surface area contributed by atoms with Gasteiger partial charge in [-0.2, -0.15) is 0 Å². The van der Waals surface area contributed by atoms with E-state index in [1.165, 1.54) is 4.90 Å². The number of nitrogens with zero attached hydrogens (tertiary/aromatic N) is 2. The number of rotatable bonds is 8. The van der Waals surface area contributed by atoms with Crippen LogP contribution in [0.5, 0.6) is 11.5 Å². The van der Waals surface area contributed by atoms with Crippen molar-refractivity contribution >= 4 is 29.3 Å². The van der Waals surface area contributed by atoms with Crippen LogP contribution in [0.2, 0.25) is 0 Å². The minimum Gasteiger partial charge on any atom is -0.485 e. The second-order valence-corrected chi connectivity index (χ2v) is 9.80. The lowest BCUT2D eigenvalue weighted by Gasteiger charge is -2.34. The largest absolute Gasteiger partial charge is 0.485 e. The molecule has 2 heterocycles. The maximum atomic E-state index is 13.2. The Labute approximate surface area is 222 Å². The molecule has 9 heteroatoms. The van der Waals surface area contributed by atoms with Crippen molar-refractivity contribution in [1.29, 1.82) is 0 Å². The van der Waals surface area contributed by atoms with Crippen molar-refractivity contribution in [2.45, 2.75) is 40.5 Å². The number of benzene rings is 2. The van der Waals surface area contributed by atoms with Crippen LogP contribution in [0.1, 0.15) is 46.8 Å². The van der Waals surface area contributed by atoms with E-state index in [2.05, 4.69) is 6.07 Å². The van der Waals surface area contributed by atoms with Crippen LogP contribution < -0.4 is 14.4 Å². The fraction of sp³-hybridized carbons (Fsp3) is 0.448. The second kappa shape index (κ2) is 11.7. The Morgan fingerprint density at radius 3 is 2.66 bits per heavy atom. The van der Waals surface area contributed by atoms with Gasteiger partial charge in [0.2, 0.25) is 5.91 Å². The lowest BCUT2D eigenvalue weighted by atomic mass is 9.98. The van der Waals surface area contributed by atoms with Gasteiger partial charge in [0.15, 0.2) is 19.0 Å². The number of carbonyl (C=O) groups is 4. The van der Waals surface area contributed by atoms with Gasteiger partial charge in [-0.1, -0.05) is 6.07 Å². The molecule has 1 atom stereocenters. The summed E-state index contributed by atoms with van der Waals surface area (Å²) in [5, 5.41) is 0. The molecule has 0 aliphatic carbocycles. The van der Waals surface area contributed by atoms with Gasteiger partial charge in [-0.15, -0.1) is 0 Å². The number of amides is 2. The maximum Gasteiger partial charge on any atom is 0.310 e. The van der Waals surface area contributed by atoms with Gasteiger partial charge in [0.05, 0.1) is 18.2 Å². The minimum atomic E-state index is -0.378. The molecule has 0 N–H and O–H groups in total. The number of carbonyl (C=O) groups excluding carboxylic acids is 4. The topological polar surface area (TPSA) is 102 Å². The van der Waals surface area contributed by atoms with Gasteiger partial charge in [0, 0.05) is 18.7 Å². The molecule has 0 spiro atoms. The summed E-state index contributed by atoms with van der Waals surface area (Å²) in [4.78, 5) is 54.1. The van der Waals surface area contributed by atoms with E-state index in [9.17, 15) is 19.2 Å². The molecule has 2 aliphatic rings.